The second-order valence-electron chi connectivity index (χ2n) is 3.76. The van der Waals surface area contributed by atoms with E-state index in [2.05, 4.69) is 4.98 Å². The van der Waals surface area contributed by atoms with Gasteiger partial charge in [-0.05, 0) is 18.2 Å². The van der Waals surface area contributed by atoms with Crippen LogP contribution in [0.25, 0.3) is 0 Å². The van der Waals surface area contributed by atoms with Gasteiger partial charge in [0.1, 0.15) is 0 Å². The van der Waals surface area contributed by atoms with Crippen molar-refractivity contribution < 1.29 is 8.42 Å². The zero-order valence-corrected chi connectivity index (χ0v) is 10.9. The van der Waals surface area contributed by atoms with Crippen LogP contribution >= 0.6 is 11.8 Å². The summed E-state index contributed by atoms with van der Waals surface area (Å²) in [6.07, 6.45) is 2.13. The van der Waals surface area contributed by atoms with Crippen molar-refractivity contribution in [3.63, 3.8) is 0 Å². The van der Waals surface area contributed by atoms with Crippen LogP contribution in [0.1, 0.15) is 6.42 Å². The van der Waals surface area contributed by atoms with E-state index in [1.807, 2.05) is 0 Å². The molecule has 1 fully saturated rings. The van der Waals surface area contributed by atoms with Crippen molar-refractivity contribution in [2.75, 3.05) is 24.6 Å². The molecule has 94 valence electrons. The molecule has 1 aliphatic rings. The fraction of sp³-hybridized carbons (Fsp3) is 0.500. The summed E-state index contributed by atoms with van der Waals surface area (Å²) in [7, 11) is -3.45. The van der Waals surface area contributed by atoms with Crippen molar-refractivity contribution >= 4 is 21.8 Å². The third-order valence-electron chi connectivity index (χ3n) is 2.57. The number of aromatic nitrogens is 1. The van der Waals surface area contributed by atoms with Crippen LogP contribution in [-0.2, 0) is 10.0 Å². The van der Waals surface area contributed by atoms with Crippen molar-refractivity contribution in [3.8, 4) is 0 Å². The molecule has 1 aliphatic heterocycles. The predicted molar refractivity (Wildman–Crippen MR) is 67.8 cm³/mol. The number of rotatable bonds is 2. The minimum absolute atomic E-state index is 0.156. The van der Waals surface area contributed by atoms with Crippen LogP contribution in [0.4, 0.5) is 0 Å². The van der Waals surface area contributed by atoms with Crippen molar-refractivity contribution in [1.29, 1.82) is 0 Å². The van der Waals surface area contributed by atoms with Crippen LogP contribution < -0.4 is 5.56 Å². The lowest BCUT2D eigenvalue weighted by molar-refractivity contribution is 0.434. The summed E-state index contributed by atoms with van der Waals surface area (Å²) in [6, 6.07) is 2.59. The highest BCUT2D eigenvalue weighted by Crippen LogP contribution is 2.18. The molecule has 1 N–H and O–H groups in total. The van der Waals surface area contributed by atoms with E-state index in [9.17, 15) is 13.2 Å². The standard InChI is InChI=1S/C10H14N2O3S2/c13-10-3-2-9(8-11-10)17(14,15)12-4-1-6-16-7-5-12/h2-3,8H,1,4-7H2,(H,11,13). The molecule has 1 aromatic rings. The molecule has 0 aliphatic carbocycles. The lowest BCUT2D eigenvalue weighted by atomic mass is 10.5. The van der Waals surface area contributed by atoms with E-state index in [4.69, 9.17) is 0 Å². The van der Waals surface area contributed by atoms with Gasteiger partial charge in [0.05, 0.1) is 4.90 Å². The van der Waals surface area contributed by atoms with Crippen LogP contribution in [-0.4, -0.2) is 42.3 Å². The van der Waals surface area contributed by atoms with Gasteiger partial charge in [-0.1, -0.05) is 0 Å². The molecule has 0 radical (unpaired) electrons. The molecule has 7 heteroatoms. The van der Waals surface area contributed by atoms with Crippen LogP contribution in [0.2, 0.25) is 0 Å². The maximum Gasteiger partial charge on any atom is 0.247 e. The maximum atomic E-state index is 12.2. The Labute approximate surface area is 104 Å². The summed E-state index contributed by atoms with van der Waals surface area (Å²) in [4.78, 5) is 13.5. The quantitative estimate of drug-likeness (QED) is 0.852. The van der Waals surface area contributed by atoms with Gasteiger partial charge >= 0.3 is 0 Å². The molecule has 0 spiro atoms. The van der Waals surface area contributed by atoms with Gasteiger partial charge in [-0.15, -0.1) is 0 Å². The summed E-state index contributed by atoms with van der Waals surface area (Å²) in [5.74, 6) is 1.82. The number of nitrogens with zero attached hydrogens (tertiary/aromatic N) is 1. The fourth-order valence-electron chi connectivity index (χ4n) is 1.67. The second-order valence-corrected chi connectivity index (χ2v) is 6.92. The number of thioether (sulfide) groups is 1. The Morgan fingerprint density at radius 2 is 2.06 bits per heavy atom. The molecule has 0 amide bonds. The van der Waals surface area contributed by atoms with Crippen molar-refractivity contribution in [2.24, 2.45) is 0 Å². The molecule has 0 aromatic carbocycles. The smallest absolute Gasteiger partial charge is 0.247 e. The third kappa shape index (κ3) is 2.91. The molecular weight excluding hydrogens is 260 g/mol. The molecular formula is C10H14N2O3S2. The van der Waals surface area contributed by atoms with E-state index in [0.717, 1.165) is 17.9 Å². The average molecular weight is 274 g/mol. The third-order valence-corrected chi connectivity index (χ3v) is 5.52. The molecule has 1 aromatic heterocycles. The summed E-state index contributed by atoms with van der Waals surface area (Å²) in [5.41, 5.74) is -0.296. The van der Waals surface area contributed by atoms with Gasteiger partial charge < -0.3 is 4.98 Å². The molecule has 17 heavy (non-hydrogen) atoms. The molecule has 0 atom stereocenters. The van der Waals surface area contributed by atoms with E-state index in [1.165, 1.54) is 22.6 Å². The maximum absolute atomic E-state index is 12.2. The topological polar surface area (TPSA) is 70.2 Å². The monoisotopic (exact) mass is 274 g/mol. The minimum atomic E-state index is -3.45. The van der Waals surface area contributed by atoms with E-state index in [1.54, 1.807) is 11.8 Å². The average Bonchev–Trinajstić information content (AvgIpc) is 2.58. The zero-order valence-electron chi connectivity index (χ0n) is 9.26. The van der Waals surface area contributed by atoms with E-state index in [0.29, 0.717) is 13.1 Å². The van der Waals surface area contributed by atoms with Gasteiger partial charge in [0, 0.05) is 31.1 Å². The SMILES string of the molecule is O=c1ccc(S(=O)(=O)N2CCCSCC2)c[nH]1. The Morgan fingerprint density at radius 3 is 2.76 bits per heavy atom. The fourth-order valence-corrected chi connectivity index (χ4v) is 4.12. The summed E-state index contributed by atoms with van der Waals surface area (Å²) >= 11 is 1.77. The van der Waals surface area contributed by atoms with Gasteiger partial charge in [-0.2, -0.15) is 16.1 Å². The second kappa shape index (κ2) is 5.24. The number of H-pyrrole nitrogens is 1. The van der Waals surface area contributed by atoms with Gasteiger partial charge in [0.25, 0.3) is 0 Å². The van der Waals surface area contributed by atoms with E-state index >= 15 is 0 Å². The summed E-state index contributed by atoms with van der Waals surface area (Å²) in [6.45, 7) is 1.08. The van der Waals surface area contributed by atoms with Crippen molar-refractivity contribution in [2.45, 2.75) is 11.3 Å². The Bertz CT molecular complexity index is 510. The number of pyridine rings is 1. The number of hydrogen-bond acceptors (Lipinski definition) is 4. The highest BCUT2D eigenvalue weighted by atomic mass is 32.2. The van der Waals surface area contributed by atoms with Crippen molar-refractivity contribution in [3.05, 3.63) is 28.7 Å². The summed E-state index contributed by atoms with van der Waals surface area (Å²) in [5, 5.41) is 0. The van der Waals surface area contributed by atoms with Crippen molar-refractivity contribution in [1.82, 2.24) is 9.29 Å². The van der Waals surface area contributed by atoms with Gasteiger partial charge in [0.2, 0.25) is 15.6 Å². The van der Waals surface area contributed by atoms with E-state index in [-0.39, 0.29) is 10.5 Å². The lowest BCUT2D eigenvalue weighted by Crippen LogP contribution is -2.33. The Kier molecular flexibility index (Phi) is 3.90. The zero-order chi connectivity index (χ0) is 12.3. The van der Waals surface area contributed by atoms with Crippen LogP contribution in [0.15, 0.2) is 28.0 Å². The molecule has 1 saturated heterocycles. The normalized spacial score (nSPS) is 18.8. The molecule has 5 nitrogen and oxygen atoms in total. The van der Waals surface area contributed by atoms with Crippen LogP contribution in [0.3, 0.4) is 0 Å². The van der Waals surface area contributed by atoms with Gasteiger partial charge in [-0.25, -0.2) is 8.42 Å². The molecule has 0 bridgehead atoms. The Hall–Kier alpha value is -0.790. The number of sulfonamides is 1. The number of nitrogens with one attached hydrogen (secondary N) is 1. The highest BCUT2D eigenvalue weighted by Gasteiger charge is 2.25. The molecule has 2 rings (SSSR count). The van der Waals surface area contributed by atoms with Crippen LogP contribution in [0.5, 0.6) is 0 Å². The number of hydrogen-bond donors (Lipinski definition) is 1. The first-order chi connectivity index (χ1) is 8.10. The molecule has 0 saturated carbocycles. The predicted octanol–water partition coefficient (Wildman–Crippen LogP) is 0.503. The lowest BCUT2D eigenvalue weighted by Gasteiger charge is -2.19. The largest absolute Gasteiger partial charge is 0.328 e. The number of aromatic amines is 1. The summed E-state index contributed by atoms with van der Waals surface area (Å²) < 4.78 is 26.0. The van der Waals surface area contributed by atoms with Gasteiger partial charge in [0.15, 0.2) is 0 Å². The molecule has 0 unspecified atom stereocenters. The Morgan fingerprint density at radius 1 is 1.24 bits per heavy atom. The van der Waals surface area contributed by atoms with Crippen LogP contribution in [0, 0.1) is 0 Å². The minimum Gasteiger partial charge on any atom is -0.328 e. The molecule has 2 heterocycles. The van der Waals surface area contributed by atoms with E-state index < -0.39 is 10.0 Å². The first-order valence-electron chi connectivity index (χ1n) is 5.37. The first-order valence-corrected chi connectivity index (χ1v) is 7.97. The van der Waals surface area contributed by atoms with Gasteiger partial charge in [-0.3, -0.25) is 4.79 Å². The first kappa shape index (κ1) is 12.7. The highest BCUT2D eigenvalue weighted by molar-refractivity contribution is 7.99. The Balaban J connectivity index is 2.28.